The molecule has 0 aliphatic carbocycles. The highest BCUT2D eigenvalue weighted by Crippen LogP contribution is 2.31. The maximum absolute atomic E-state index is 11.8. The summed E-state index contributed by atoms with van der Waals surface area (Å²) in [5.74, 6) is -0.301. The third-order valence-corrected chi connectivity index (χ3v) is 3.80. The van der Waals surface area contributed by atoms with Crippen LogP contribution in [0.3, 0.4) is 0 Å². The quantitative estimate of drug-likeness (QED) is 0.587. The zero-order chi connectivity index (χ0) is 12.5. The van der Waals surface area contributed by atoms with Crippen molar-refractivity contribution in [1.82, 2.24) is 4.90 Å². The summed E-state index contributed by atoms with van der Waals surface area (Å²) < 4.78 is 4.50. The minimum atomic E-state index is -0.427. The number of halogens is 1. The molecule has 1 aliphatic heterocycles. The number of likely N-dealkylation sites (tertiary alicyclic amines) is 1. The van der Waals surface area contributed by atoms with Crippen LogP contribution < -0.4 is 0 Å². The number of methoxy groups -OCH3 is 1. The van der Waals surface area contributed by atoms with Gasteiger partial charge in [0, 0.05) is 16.8 Å². The Hall–Kier alpha value is -0.580. The summed E-state index contributed by atoms with van der Waals surface area (Å²) in [6.45, 7) is 5.91. The zero-order valence-electron chi connectivity index (χ0n) is 10.1. The van der Waals surface area contributed by atoms with Crippen LogP contribution in [0.2, 0.25) is 0 Å². The lowest BCUT2D eigenvalue weighted by Crippen LogP contribution is -2.51. The summed E-state index contributed by atoms with van der Waals surface area (Å²) in [5.41, 5.74) is 0. The summed E-state index contributed by atoms with van der Waals surface area (Å²) in [6, 6.07) is -0.476. The average molecular weight is 292 g/mol. The smallest absolute Gasteiger partial charge is 0.328 e. The number of nitrogens with zero attached hydrogens (tertiary/aromatic N) is 1. The Morgan fingerprint density at radius 2 is 2.19 bits per heavy atom. The van der Waals surface area contributed by atoms with Crippen LogP contribution in [0.1, 0.15) is 33.6 Å². The molecule has 1 fully saturated rings. The molecule has 0 bridgehead atoms. The lowest BCUT2D eigenvalue weighted by molar-refractivity contribution is -0.150. The second-order valence-electron chi connectivity index (χ2n) is 4.62. The van der Waals surface area contributed by atoms with Gasteiger partial charge in [0.1, 0.15) is 6.04 Å². The summed E-state index contributed by atoms with van der Waals surface area (Å²) in [5, 5.41) is 0. The average Bonchev–Trinajstić information content (AvgIpc) is 2.56. The highest BCUT2D eigenvalue weighted by atomic mass is 79.9. The van der Waals surface area contributed by atoms with Crippen molar-refractivity contribution in [3.8, 4) is 0 Å². The first kappa shape index (κ1) is 13.5. The SMILES string of the molecule is COC(=O)C1CCC(=O)N1C(C)C(C)(C)Br. The molecule has 0 saturated carbocycles. The second-order valence-corrected chi connectivity index (χ2v) is 6.66. The first-order valence-electron chi connectivity index (χ1n) is 5.37. The molecular weight excluding hydrogens is 274 g/mol. The van der Waals surface area contributed by atoms with Gasteiger partial charge in [-0.2, -0.15) is 0 Å². The first-order chi connectivity index (χ1) is 7.29. The van der Waals surface area contributed by atoms with Crippen LogP contribution in [0.5, 0.6) is 0 Å². The van der Waals surface area contributed by atoms with Crippen LogP contribution in [0.4, 0.5) is 0 Å². The van der Waals surface area contributed by atoms with Crippen LogP contribution in [0, 0.1) is 0 Å². The molecule has 1 saturated heterocycles. The van der Waals surface area contributed by atoms with E-state index in [-0.39, 0.29) is 22.2 Å². The fraction of sp³-hybridized carbons (Fsp3) is 0.818. The van der Waals surface area contributed by atoms with E-state index >= 15 is 0 Å². The Morgan fingerprint density at radius 1 is 1.62 bits per heavy atom. The molecule has 4 nitrogen and oxygen atoms in total. The Labute approximate surface area is 104 Å². The van der Waals surface area contributed by atoms with Crippen molar-refractivity contribution in [3.05, 3.63) is 0 Å². The number of rotatable bonds is 3. The van der Waals surface area contributed by atoms with E-state index in [0.29, 0.717) is 12.8 Å². The molecule has 2 atom stereocenters. The lowest BCUT2D eigenvalue weighted by Gasteiger charge is -2.36. The maximum Gasteiger partial charge on any atom is 0.328 e. The van der Waals surface area contributed by atoms with E-state index in [1.807, 2.05) is 20.8 Å². The number of carbonyl (C=O) groups excluding carboxylic acids is 2. The molecule has 1 heterocycles. The number of amides is 1. The first-order valence-corrected chi connectivity index (χ1v) is 6.16. The molecule has 0 aromatic rings. The van der Waals surface area contributed by atoms with Crippen molar-refractivity contribution in [2.45, 2.75) is 50.0 Å². The predicted octanol–water partition coefficient (Wildman–Crippen LogP) is 1.71. The van der Waals surface area contributed by atoms with Gasteiger partial charge in [0.05, 0.1) is 7.11 Å². The van der Waals surface area contributed by atoms with Crippen LogP contribution in [-0.4, -0.2) is 40.3 Å². The monoisotopic (exact) mass is 291 g/mol. The summed E-state index contributed by atoms with van der Waals surface area (Å²) in [6.07, 6.45) is 0.978. The molecule has 1 aliphatic rings. The molecule has 0 radical (unpaired) electrons. The Kier molecular flexibility index (Phi) is 3.99. The van der Waals surface area contributed by atoms with Crippen molar-refractivity contribution < 1.29 is 14.3 Å². The highest BCUT2D eigenvalue weighted by Gasteiger charge is 2.43. The molecule has 2 unspecified atom stereocenters. The fourth-order valence-electron chi connectivity index (χ4n) is 1.89. The Balaban J connectivity index is 2.90. The van der Waals surface area contributed by atoms with Gasteiger partial charge in [0.2, 0.25) is 5.91 Å². The van der Waals surface area contributed by atoms with Crippen molar-refractivity contribution >= 4 is 27.8 Å². The van der Waals surface area contributed by atoms with Gasteiger partial charge in [-0.3, -0.25) is 4.79 Å². The topological polar surface area (TPSA) is 46.6 Å². The van der Waals surface area contributed by atoms with Gasteiger partial charge in [-0.05, 0) is 27.2 Å². The minimum absolute atomic E-state index is 0.0235. The van der Waals surface area contributed by atoms with E-state index in [1.54, 1.807) is 4.90 Å². The molecule has 0 spiro atoms. The second kappa shape index (κ2) is 4.73. The third-order valence-electron chi connectivity index (χ3n) is 3.14. The van der Waals surface area contributed by atoms with Gasteiger partial charge in [0.25, 0.3) is 0 Å². The van der Waals surface area contributed by atoms with Crippen molar-refractivity contribution in [1.29, 1.82) is 0 Å². The van der Waals surface area contributed by atoms with E-state index in [2.05, 4.69) is 15.9 Å². The van der Waals surface area contributed by atoms with E-state index in [1.165, 1.54) is 7.11 Å². The molecule has 0 N–H and O–H groups in total. The van der Waals surface area contributed by atoms with Crippen molar-refractivity contribution in [2.75, 3.05) is 7.11 Å². The van der Waals surface area contributed by atoms with Gasteiger partial charge in [-0.1, -0.05) is 15.9 Å². The minimum Gasteiger partial charge on any atom is -0.467 e. The molecular formula is C11H18BrNO3. The van der Waals surface area contributed by atoms with Crippen LogP contribution in [-0.2, 0) is 14.3 Å². The van der Waals surface area contributed by atoms with Gasteiger partial charge in [-0.15, -0.1) is 0 Å². The number of ether oxygens (including phenoxy) is 1. The molecule has 0 aromatic heterocycles. The number of esters is 1. The number of hydrogen-bond donors (Lipinski definition) is 0. The van der Waals surface area contributed by atoms with E-state index in [4.69, 9.17) is 4.74 Å². The zero-order valence-corrected chi connectivity index (χ0v) is 11.7. The third kappa shape index (κ3) is 2.56. The van der Waals surface area contributed by atoms with Gasteiger partial charge in [0.15, 0.2) is 0 Å². The van der Waals surface area contributed by atoms with Crippen LogP contribution >= 0.6 is 15.9 Å². The molecule has 5 heteroatoms. The van der Waals surface area contributed by atoms with Gasteiger partial charge in [-0.25, -0.2) is 4.79 Å². The molecule has 0 aromatic carbocycles. The Morgan fingerprint density at radius 3 is 2.62 bits per heavy atom. The summed E-state index contributed by atoms with van der Waals surface area (Å²) in [4.78, 5) is 25.0. The lowest BCUT2D eigenvalue weighted by atomic mass is 10.0. The largest absolute Gasteiger partial charge is 0.467 e. The highest BCUT2D eigenvalue weighted by molar-refractivity contribution is 9.10. The standard InChI is InChI=1S/C11H18BrNO3/c1-7(11(2,3)12)13-8(10(15)16-4)5-6-9(13)14/h7-8H,5-6H2,1-4H3. The molecule has 1 rings (SSSR count). The van der Waals surface area contributed by atoms with Crippen molar-refractivity contribution in [3.63, 3.8) is 0 Å². The molecule has 1 amide bonds. The van der Waals surface area contributed by atoms with E-state index < -0.39 is 6.04 Å². The number of alkyl halides is 1. The normalized spacial score (nSPS) is 23.4. The van der Waals surface area contributed by atoms with E-state index in [9.17, 15) is 9.59 Å². The summed E-state index contributed by atoms with van der Waals surface area (Å²) in [7, 11) is 1.35. The van der Waals surface area contributed by atoms with Crippen LogP contribution in [0.25, 0.3) is 0 Å². The maximum atomic E-state index is 11.8. The molecule has 16 heavy (non-hydrogen) atoms. The Bertz CT molecular complexity index is 298. The van der Waals surface area contributed by atoms with Crippen LogP contribution in [0.15, 0.2) is 0 Å². The fourth-order valence-corrected chi connectivity index (χ4v) is 2.11. The number of carbonyl (C=O) groups is 2. The van der Waals surface area contributed by atoms with Gasteiger partial charge < -0.3 is 9.64 Å². The van der Waals surface area contributed by atoms with E-state index in [0.717, 1.165) is 0 Å². The number of hydrogen-bond acceptors (Lipinski definition) is 3. The van der Waals surface area contributed by atoms with Gasteiger partial charge >= 0.3 is 5.97 Å². The summed E-state index contributed by atoms with van der Waals surface area (Å²) >= 11 is 3.53. The van der Waals surface area contributed by atoms with Crippen molar-refractivity contribution in [2.24, 2.45) is 0 Å². The molecule has 92 valence electrons. The predicted molar refractivity (Wildman–Crippen MR) is 64.4 cm³/mol.